The van der Waals surface area contributed by atoms with E-state index in [0.29, 0.717) is 5.56 Å². The Balaban J connectivity index is 0.000000640. The number of carboxylic acids is 2. The van der Waals surface area contributed by atoms with Crippen LogP contribution in [0.1, 0.15) is 15.9 Å². The molecule has 0 aromatic heterocycles. The van der Waals surface area contributed by atoms with Gasteiger partial charge in [0.25, 0.3) is 0 Å². The number of methoxy groups -OCH3 is 1. The highest BCUT2D eigenvalue weighted by Crippen LogP contribution is 2.13. The van der Waals surface area contributed by atoms with Crippen LogP contribution in [0.3, 0.4) is 0 Å². The van der Waals surface area contributed by atoms with Crippen LogP contribution in [0.4, 0.5) is 18.0 Å². The van der Waals surface area contributed by atoms with Crippen molar-refractivity contribution in [3.05, 3.63) is 35.4 Å². The smallest absolute Gasteiger partial charge is 0.478 e. The van der Waals surface area contributed by atoms with E-state index < -0.39 is 24.3 Å². The number of nitrogens with zero attached hydrogens (tertiary/aromatic N) is 1. The number of aliphatic carboxylic acids is 1. The van der Waals surface area contributed by atoms with Crippen LogP contribution in [0.25, 0.3) is 0 Å². The number of alkyl halides is 3. The zero-order chi connectivity index (χ0) is 18.9. The predicted molar refractivity (Wildman–Crippen MR) is 71.3 cm³/mol. The molecule has 24 heavy (non-hydrogen) atoms. The Morgan fingerprint density at radius 2 is 1.50 bits per heavy atom. The third-order valence-corrected chi connectivity index (χ3v) is 2.06. The van der Waals surface area contributed by atoms with Gasteiger partial charge in [0.05, 0.1) is 12.7 Å². The molecule has 0 atom stereocenters. The zero-order valence-corrected chi connectivity index (χ0v) is 11.9. The number of carbonyl (C=O) groups excluding carboxylic acids is 1. The van der Waals surface area contributed by atoms with Gasteiger partial charge < -0.3 is 20.7 Å². The number of rotatable bonds is 3. The molecule has 1 aromatic rings. The topological polar surface area (TPSA) is 149 Å². The summed E-state index contributed by atoms with van der Waals surface area (Å²) in [5.41, 5.74) is 6.04. The molecule has 1 rings (SSSR count). The van der Waals surface area contributed by atoms with Crippen LogP contribution in [0.5, 0.6) is 0 Å². The van der Waals surface area contributed by atoms with Gasteiger partial charge >= 0.3 is 24.3 Å². The van der Waals surface area contributed by atoms with Gasteiger partial charge in [-0.1, -0.05) is 17.3 Å². The van der Waals surface area contributed by atoms with Crippen LogP contribution in [0.15, 0.2) is 29.4 Å². The van der Waals surface area contributed by atoms with Gasteiger partial charge in [0.1, 0.15) is 0 Å². The molecule has 0 aliphatic rings. The third kappa shape index (κ3) is 7.63. The summed E-state index contributed by atoms with van der Waals surface area (Å²) in [5, 5.41) is 19.1. The van der Waals surface area contributed by atoms with Crippen LogP contribution in [-0.2, 0) is 14.4 Å². The minimum Gasteiger partial charge on any atom is -0.478 e. The fourth-order valence-electron chi connectivity index (χ4n) is 0.960. The van der Waals surface area contributed by atoms with Crippen molar-refractivity contribution in [2.45, 2.75) is 6.18 Å². The Hall–Kier alpha value is -3.31. The van der Waals surface area contributed by atoms with Crippen LogP contribution < -0.4 is 5.73 Å². The quantitative estimate of drug-likeness (QED) is 0.243. The average Bonchev–Trinajstić information content (AvgIpc) is 2.51. The third-order valence-electron chi connectivity index (χ3n) is 2.06. The van der Waals surface area contributed by atoms with Crippen molar-refractivity contribution in [1.29, 1.82) is 0 Å². The summed E-state index contributed by atoms with van der Waals surface area (Å²) in [7, 11) is 1.13. The van der Waals surface area contributed by atoms with Crippen LogP contribution in [-0.4, -0.2) is 47.4 Å². The van der Waals surface area contributed by atoms with Crippen LogP contribution in [0.2, 0.25) is 0 Å². The van der Waals surface area contributed by atoms with Gasteiger partial charge in [-0.3, -0.25) is 4.84 Å². The SMILES string of the molecule is COC(=O)O/N=C(\N)c1ccc(C(=O)O)cc1.O=C(O)C(F)(F)F. The monoisotopic (exact) mass is 352 g/mol. The number of halogens is 3. The van der Waals surface area contributed by atoms with E-state index in [-0.39, 0.29) is 11.4 Å². The van der Waals surface area contributed by atoms with E-state index in [1.807, 2.05) is 0 Å². The second-order valence-electron chi connectivity index (χ2n) is 3.71. The normalized spacial score (nSPS) is 10.9. The summed E-state index contributed by atoms with van der Waals surface area (Å²) in [5.74, 6) is -3.86. The van der Waals surface area contributed by atoms with Gasteiger partial charge in [-0.15, -0.1) is 0 Å². The summed E-state index contributed by atoms with van der Waals surface area (Å²) in [6, 6.07) is 5.61. The molecule has 0 aliphatic carbocycles. The Bertz CT molecular complexity index is 627. The highest BCUT2D eigenvalue weighted by molar-refractivity contribution is 5.98. The van der Waals surface area contributed by atoms with Crippen molar-refractivity contribution < 1.29 is 47.3 Å². The maximum Gasteiger partial charge on any atom is 0.534 e. The van der Waals surface area contributed by atoms with E-state index in [1.54, 1.807) is 0 Å². The molecular formula is C12H11F3N2O7. The molecule has 0 aliphatic heterocycles. The lowest BCUT2D eigenvalue weighted by Gasteiger charge is -2.00. The fourth-order valence-corrected chi connectivity index (χ4v) is 0.960. The Labute approximate surface area is 132 Å². The zero-order valence-electron chi connectivity index (χ0n) is 11.9. The lowest BCUT2D eigenvalue weighted by Crippen LogP contribution is -2.21. The number of hydrogen-bond donors (Lipinski definition) is 3. The molecule has 0 radical (unpaired) electrons. The highest BCUT2D eigenvalue weighted by atomic mass is 19.4. The predicted octanol–water partition coefficient (Wildman–Crippen LogP) is 1.42. The Kier molecular flexibility index (Phi) is 7.73. The maximum atomic E-state index is 10.6. The van der Waals surface area contributed by atoms with Crippen molar-refractivity contribution in [2.24, 2.45) is 10.9 Å². The molecule has 0 amide bonds. The lowest BCUT2D eigenvalue weighted by atomic mass is 10.1. The molecule has 0 fully saturated rings. The van der Waals surface area contributed by atoms with Crippen molar-refractivity contribution in [3.8, 4) is 0 Å². The van der Waals surface area contributed by atoms with E-state index >= 15 is 0 Å². The number of hydrogen-bond acceptors (Lipinski definition) is 6. The molecule has 12 heteroatoms. The molecule has 0 saturated carbocycles. The first kappa shape index (κ1) is 20.7. The van der Waals surface area contributed by atoms with E-state index in [9.17, 15) is 22.8 Å². The lowest BCUT2D eigenvalue weighted by molar-refractivity contribution is -0.192. The summed E-state index contributed by atoms with van der Waals surface area (Å²) in [6.45, 7) is 0. The van der Waals surface area contributed by atoms with Gasteiger partial charge in [-0.25, -0.2) is 14.4 Å². The summed E-state index contributed by atoms with van der Waals surface area (Å²) >= 11 is 0. The van der Waals surface area contributed by atoms with Crippen molar-refractivity contribution in [3.63, 3.8) is 0 Å². The molecule has 4 N–H and O–H groups in total. The average molecular weight is 352 g/mol. The second-order valence-corrected chi connectivity index (χ2v) is 3.71. The molecule has 0 unspecified atom stereocenters. The van der Waals surface area contributed by atoms with Crippen molar-refractivity contribution in [1.82, 2.24) is 0 Å². The first-order valence-corrected chi connectivity index (χ1v) is 5.71. The molecule has 1 aromatic carbocycles. The number of oxime groups is 1. The van der Waals surface area contributed by atoms with E-state index in [2.05, 4.69) is 14.7 Å². The largest absolute Gasteiger partial charge is 0.534 e. The summed E-state index contributed by atoms with van der Waals surface area (Å²) in [4.78, 5) is 34.4. The van der Waals surface area contributed by atoms with E-state index in [4.69, 9.17) is 20.7 Å². The van der Waals surface area contributed by atoms with Gasteiger partial charge in [-0.2, -0.15) is 13.2 Å². The van der Waals surface area contributed by atoms with Crippen LogP contribution >= 0.6 is 0 Å². The second kappa shape index (κ2) is 8.97. The minimum atomic E-state index is -5.08. The van der Waals surface area contributed by atoms with Gasteiger partial charge in [-0.05, 0) is 12.1 Å². The van der Waals surface area contributed by atoms with E-state index in [0.717, 1.165) is 7.11 Å². The number of aromatic carboxylic acids is 1. The maximum absolute atomic E-state index is 10.6. The molecule has 132 valence electrons. The number of carbonyl (C=O) groups is 3. The molecule has 0 spiro atoms. The molecule has 0 saturated heterocycles. The first-order valence-electron chi connectivity index (χ1n) is 5.71. The molecule has 0 heterocycles. The number of nitrogens with two attached hydrogens (primary N) is 1. The van der Waals surface area contributed by atoms with Crippen molar-refractivity contribution >= 4 is 23.9 Å². The molecular weight excluding hydrogens is 341 g/mol. The van der Waals surface area contributed by atoms with Gasteiger partial charge in [0.15, 0.2) is 5.84 Å². The van der Waals surface area contributed by atoms with Crippen LogP contribution in [0, 0.1) is 0 Å². The van der Waals surface area contributed by atoms with Gasteiger partial charge in [0, 0.05) is 5.56 Å². The number of ether oxygens (including phenoxy) is 1. The summed E-state index contributed by atoms with van der Waals surface area (Å²) in [6.07, 6.45) is -6.07. The Morgan fingerprint density at radius 3 is 1.83 bits per heavy atom. The molecule has 9 nitrogen and oxygen atoms in total. The van der Waals surface area contributed by atoms with E-state index in [1.165, 1.54) is 24.3 Å². The number of benzene rings is 1. The number of carboxylic acid groups (broad SMARTS) is 2. The highest BCUT2D eigenvalue weighted by Gasteiger charge is 2.38. The van der Waals surface area contributed by atoms with Crippen molar-refractivity contribution in [2.75, 3.05) is 7.11 Å². The summed E-state index contributed by atoms with van der Waals surface area (Å²) < 4.78 is 35.9. The molecule has 0 bridgehead atoms. The number of amidine groups is 1. The minimum absolute atomic E-state index is 0.0626. The standard InChI is InChI=1S/C10H10N2O5.C2HF3O2/c1-16-10(15)17-12-8(11)6-2-4-7(5-3-6)9(13)14;3-2(4,5)1(6)7/h2-5H,1H3,(H2,11,12)(H,13,14);(H,6,7). The first-order chi connectivity index (χ1) is 11.0. The fraction of sp³-hybridized carbons (Fsp3) is 0.167. The Morgan fingerprint density at radius 1 is 1.08 bits per heavy atom. The van der Waals surface area contributed by atoms with Gasteiger partial charge in [0.2, 0.25) is 0 Å².